The van der Waals surface area contributed by atoms with E-state index in [1.54, 1.807) is 48.5 Å². The molecule has 3 aromatic rings. The zero-order valence-electron chi connectivity index (χ0n) is 16.0. The predicted molar refractivity (Wildman–Crippen MR) is 106 cm³/mol. The zero-order valence-corrected chi connectivity index (χ0v) is 16.0. The molecular weight excluding hydrogens is 374 g/mol. The molecule has 0 atom stereocenters. The Morgan fingerprint density at radius 1 is 1.10 bits per heavy atom. The normalized spacial score (nSPS) is 10.2. The number of rotatable bonds is 7. The summed E-state index contributed by atoms with van der Waals surface area (Å²) in [6, 6.07) is 15.7. The van der Waals surface area contributed by atoms with Crippen molar-refractivity contribution < 1.29 is 23.8 Å². The summed E-state index contributed by atoms with van der Waals surface area (Å²) in [4.78, 5) is 29.1. The average Bonchev–Trinajstić information content (AvgIpc) is 3.19. The van der Waals surface area contributed by atoms with Crippen LogP contribution in [0.15, 0.2) is 48.5 Å². The van der Waals surface area contributed by atoms with E-state index in [0.29, 0.717) is 28.1 Å². The number of anilines is 1. The second kappa shape index (κ2) is 8.80. The van der Waals surface area contributed by atoms with Crippen LogP contribution in [0.4, 0.5) is 5.69 Å². The summed E-state index contributed by atoms with van der Waals surface area (Å²) in [5.41, 5.74) is 1.34. The molecule has 0 unspecified atom stereocenters. The van der Waals surface area contributed by atoms with E-state index in [0.717, 1.165) is 0 Å². The molecule has 0 fully saturated rings. The first-order valence-corrected chi connectivity index (χ1v) is 8.71. The molecule has 29 heavy (non-hydrogen) atoms. The Morgan fingerprint density at radius 2 is 1.86 bits per heavy atom. The smallest absolute Gasteiger partial charge is 0.355 e. The quantitative estimate of drug-likeness (QED) is 0.489. The maximum atomic E-state index is 12.5. The summed E-state index contributed by atoms with van der Waals surface area (Å²) in [7, 11) is 3.05. The van der Waals surface area contributed by atoms with Crippen LogP contribution in [-0.4, -0.2) is 44.2 Å². The number of para-hydroxylation sites is 1. The van der Waals surface area contributed by atoms with E-state index >= 15 is 0 Å². The van der Waals surface area contributed by atoms with Gasteiger partial charge in [0.1, 0.15) is 23.7 Å². The van der Waals surface area contributed by atoms with E-state index < -0.39 is 18.5 Å². The number of nitriles is 1. The first-order valence-electron chi connectivity index (χ1n) is 8.71. The summed E-state index contributed by atoms with van der Waals surface area (Å²) in [6.45, 7) is -0.644. The van der Waals surface area contributed by atoms with E-state index in [2.05, 4.69) is 4.98 Å². The Morgan fingerprint density at radius 3 is 2.52 bits per heavy atom. The van der Waals surface area contributed by atoms with Gasteiger partial charge in [-0.3, -0.25) is 9.69 Å². The van der Waals surface area contributed by atoms with Gasteiger partial charge in [0.2, 0.25) is 0 Å². The molecule has 0 bridgehead atoms. The Bertz CT molecular complexity index is 1070. The van der Waals surface area contributed by atoms with Gasteiger partial charge in [-0.15, -0.1) is 0 Å². The predicted octanol–water partition coefficient (Wildman–Crippen LogP) is 2.90. The molecule has 0 aliphatic rings. The Hall–Kier alpha value is -3.99. The first kappa shape index (κ1) is 19.8. The highest BCUT2D eigenvalue weighted by Gasteiger charge is 2.20. The highest BCUT2D eigenvalue weighted by molar-refractivity contribution is 6.00. The molecule has 148 valence electrons. The van der Waals surface area contributed by atoms with Crippen LogP contribution in [0.1, 0.15) is 10.5 Å². The lowest BCUT2D eigenvalue weighted by Gasteiger charge is -2.19. The third-order valence-corrected chi connectivity index (χ3v) is 4.27. The van der Waals surface area contributed by atoms with Crippen LogP contribution in [0.3, 0.4) is 0 Å². The van der Waals surface area contributed by atoms with Crippen molar-refractivity contribution in [3.8, 4) is 17.6 Å². The number of ether oxygens (including phenoxy) is 3. The van der Waals surface area contributed by atoms with Crippen LogP contribution in [0.25, 0.3) is 10.9 Å². The number of fused-ring (bicyclic) bond motifs is 1. The van der Waals surface area contributed by atoms with Crippen LogP contribution in [-0.2, 0) is 9.53 Å². The number of H-pyrrole nitrogens is 1. The fourth-order valence-corrected chi connectivity index (χ4v) is 2.86. The first-order chi connectivity index (χ1) is 14.1. The number of nitrogens with zero attached hydrogens (tertiary/aromatic N) is 2. The molecule has 8 nitrogen and oxygen atoms in total. The number of methoxy groups -OCH3 is 2. The van der Waals surface area contributed by atoms with Gasteiger partial charge >= 0.3 is 5.97 Å². The van der Waals surface area contributed by atoms with Gasteiger partial charge < -0.3 is 19.2 Å². The number of aromatic amines is 1. The minimum atomic E-state index is -0.694. The van der Waals surface area contributed by atoms with Crippen molar-refractivity contribution in [2.75, 3.05) is 32.3 Å². The minimum Gasteiger partial charge on any atom is -0.497 e. The molecule has 1 aromatic heterocycles. The van der Waals surface area contributed by atoms with Gasteiger partial charge in [-0.05, 0) is 24.3 Å². The molecule has 1 heterocycles. The lowest BCUT2D eigenvalue weighted by atomic mass is 10.2. The van der Waals surface area contributed by atoms with Crippen molar-refractivity contribution in [1.29, 1.82) is 5.26 Å². The summed E-state index contributed by atoms with van der Waals surface area (Å²) in [5, 5.41) is 9.70. The lowest BCUT2D eigenvalue weighted by molar-refractivity contribution is -0.121. The van der Waals surface area contributed by atoms with Crippen LogP contribution in [0.5, 0.6) is 11.5 Å². The van der Waals surface area contributed by atoms with E-state index in [1.807, 2.05) is 6.07 Å². The second-order valence-corrected chi connectivity index (χ2v) is 6.03. The molecule has 1 amide bonds. The third-order valence-electron chi connectivity index (χ3n) is 4.27. The number of hydrogen-bond donors (Lipinski definition) is 1. The highest BCUT2D eigenvalue weighted by atomic mass is 16.5. The zero-order chi connectivity index (χ0) is 20.8. The van der Waals surface area contributed by atoms with Crippen molar-refractivity contribution in [2.45, 2.75) is 0 Å². The molecule has 3 rings (SSSR count). The van der Waals surface area contributed by atoms with Gasteiger partial charge in [0.05, 0.1) is 25.8 Å². The van der Waals surface area contributed by atoms with Gasteiger partial charge in [0, 0.05) is 17.1 Å². The van der Waals surface area contributed by atoms with E-state index in [1.165, 1.54) is 19.1 Å². The van der Waals surface area contributed by atoms with Crippen LogP contribution >= 0.6 is 0 Å². The molecule has 0 spiro atoms. The van der Waals surface area contributed by atoms with Crippen LogP contribution < -0.4 is 14.4 Å². The summed E-state index contributed by atoms with van der Waals surface area (Å²) in [5.74, 6) is -0.0980. The minimum absolute atomic E-state index is 0.149. The van der Waals surface area contributed by atoms with Gasteiger partial charge in [0.15, 0.2) is 6.61 Å². The van der Waals surface area contributed by atoms with Crippen molar-refractivity contribution in [1.82, 2.24) is 4.98 Å². The van der Waals surface area contributed by atoms with Crippen LogP contribution in [0, 0.1) is 11.3 Å². The van der Waals surface area contributed by atoms with E-state index in [-0.39, 0.29) is 12.2 Å². The van der Waals surface area contributed by atoms with E-state index in [9.17, 15) is 9.59 Å². The number of benzene rings is 2. The molecule has 0 radical (unpaired) electrons. The number of amides is 1. The lowest BCUT2D eigenvalue weighted by Crippen LogP contribution is -2.35. The van der Waals surface area contributed by atoms with Crippen molar-refractivity contribution in [2.24, 2.45) is 0 Å². The summed E-state index contributed by atoms with van der Waals surface area (Å²) in [6.07, 6.45) is 0. The second-order valence-electron chi connectivity index (χ2n) is 6.03. The molecule has 0 saturated carbocycles. The van der Waals surface area contributed by atoms with E-state index in [4.69, 9.17) is 19.5 Å². The maximum absolute atomic E-state index is 12.5. The number of nitrogens with one attached hydrogen (secondary N) is 1. The monoisotopic (exact) mass is 393 g/mol. The number of esters is 1. The topological polar surface area (TPSA) is 105 Å². The number of hydrogen-bond acceptors (Lipinski definition) is 6. The molecular formula is C21H19N3O5. The van der Waals surface area contributed by atoms with Crippen LogP contribution in [0.2, 0.25) is 0 Å². The molecule has 1 N–H and O–H groups in total. The maximum Gasteiger partial charge on any atom is 0.355 e. The largest absolute Gasteiger partial charge is 0.497 e. The molecule has 8 heteroatoms. The number of carbonyl (C=O) groups is 2. The Kier molecular flexibility index (Phi) is 6.00. The van der Waals surface area contributed by atoms with Crippen molar-refractivity contribution >= 4 is 28.5 Å². The summed E-state index contributed by atoms with van der Waals surface area (Å²) >= 11 is 0. The van der Waals surface area contributed by atoms with Crippen molar-refractivity contribution in [3.63, 3.8) is 0 Å². The van der Waals surface area contributed by atoms with Gasteiger partial charge in [-0.25, -0.2) is 4.79 Å². The number of carbonyl (C=O) groups excluding carboxylic acids is 2. The molecule has 2 aromatic carbocycles. The molecule has 0 aliphatic heterocycles. The van der Waals surface area contributed by atoms with Gasteiger partial charge in [-0.2, -0.15) is 5.26 Å². The fourth-order valence-electron chi connectivity index (χ4n) is 2.86. The third kappa shape index (κ3) is 4.30. The number of aromatic nitrogens is 1. The standard InChI is InChI=1S/C21H19N3O5/c1-27-16-10-14-11-17(23-20(14)18(12-16)28-2)21(26)29-13-19(25)24(9-8-22)15-6-4-3-5-7-15/h3-7,10-12,23H,9,13H2,1-2H3. The van der Waals surface area contributed by atoms with Gasteiger partial charge in [-0.1, -0.05) is 18.2 Å². The Balaban J connectivity index is 1.74. The fraction of sp³-hybridized carbons (Fsp3) is 0.190. The highest BCUT2D eigenvalue weighted by Crippen LogP contribution is 2.31. The average molecular weight is 393 g/mol. The molecule has 0 saturated heterocycles. The Labute approximate surface area is 167 Å². The van der Waals surface area contributed by atoms with Gasteiger partial charge in [0.25, 0.3) is 5.91 Å². The van der Waals surface area contributed by atoms with Crippen molar-refractivity contribution in [3.05, 3.63) is 54.2 Å². The SMILES string of the molecule is COc1cc(OC)c2[nH]c(C(=O)OCC(=O)N(CC#N)c3ccccc3)cc2c1. The summed E-state index contributed by atoms with van der Waals surface area (Å²) < 4.78 is 15.7. The molecule has 0 aliphatic carbocycles.